The third-order valence-corrected chi connectivity index (χ3v) is 9.25. The van der Waals surface area contributed by atoms with Crippen LogP contribution in [0, 0.1) is 11.8 Å². The monoisotopic (exact) mass is 649 g/mol. The molecule has 220 valence electrons. The number of aliphatic hydroxyl groups is 1. The van der Waals surface area contributed by atoms with Crippen molar-refractivity contribution in [3.05, 3.63) is 52.0 Å². The summed E-state index contributed by atoms with van der Waals surface area (Å²) in [4.78, 5) is 57.8. The lowest BCUT2D eigenvalue weighted by atomic mass is 9.74. The molecule has 3 amide bonds. The Bertz CT molecular complexity index is 1300. The summed E-state index contributed by atoms with van der Waals surface area (Å²) in [6, 6.07) is 5.02. The molecule has 41 heavy (non-hydrogen) atoms. The molecule has 0 aromatic heterocycles. The zero-order valence-corrected chi connectivity index (χ0v) is 25.1. The van der Waals surface area contributed by atoms with Crippen LogP contribution in [0.2, 0.25) is 5.02 Å². The molecule has 4 aliphatic rings. The van der Waals surface area contributed by atoms with Gasteiger partial charge in [-0.05, 0) is 38.0 Å². The molecule has 7 atom stereocenters. The number of anilines is 1. The van der Waals surface area contributed by atoms with Gasteiger partial charge in [-0.15, -0.1) is 0 Å². The third kappa shape index (κ3) is 5.11. The first kappa shape index (κ1) is 29.8. The highest BCUT2D eigenvalue weighted by Crippen LogP contribution is 2.59. The highest BCUT2D eigenvalue weighted by atomic mass is 79.9. The molecule has 1 spiro atoms. The largest absolute Gasteiger partial charge is 0.460 e. The number of carbonyl (C=O) groups excluding carboxylic acids is 4. The van der Waals surface area contributed by atoms with Gasteiger partial charge in [-0.2, -0.15) is 0 Å². The normalized spacial score (nSPS) is 33.8. The Morgan fingerprint density at radius 3 is 2.66 bits per heavy atom. The zero-order valence-electron chi connectivity index (χ0n) is 22.8. The molecule has 2 fully saturated rings. The number of fused-ring (bicyclic) bond motifs is 2. The number of hydrogen-bond acceptors (Lipinski definition) is 7. The van der Waals surface area contributed by atoms with E-state index in [1.807, 2.05) is 13.0 Å². The van der Waals surface area contributed by atoms with Crippen LogP contribution in [0.15, 0.2) is 47.0 Å². The van der Waals surface area contributed by atoms with Crippen LogP contribution in [0.4, 0.5) is 5.69 Å². The number of rotatable bonds is 4. The smallest absolute Gasteiger partial charge is 0.313 e. The van der Waals surface area contributed by atoms with Crippen LogP contribution in [-0.4, -0.2) is 83.3 Å². The number of hydrogen-bond donors (Lipinski definition) is 2. The minimum Gasteiger partial charge on any atom is -0.460 e. The van der Waals surface area contributed by atoms with Gasteiger partial charge in [0, 0.05) is 17.4 Å². The second-order valence-electron chi connectivity index (χ2n) is 10.8. The lowest BCUT2D eigenvalue weighted by molar-refractivity contribution is -0.159. The summed E-state index contributed by atoms with van der Waals surface area (Å²) >= 11 is 10.1. The van der Waals surface area contributed by atoms with Gasteiger partial charge in [-0.3, -0.25) is 19.2 Å². The Kier molecular flexibility index (Phi) is 8.61. The van der Waals surface area contributed by atoms with E-state index in [0.717, 1.165) is 0 Å². The van der Waals surface area contributed by atoms with Crippen molar-refractivity contribution >= 4 is 56.9 Å². The number of aliphatic hydroxyl groups excluding tert-OH is 1. The van der Waals surface area contributed by atoms with E-state index < -0.39 is 59.5 Å². The average Bonchev–Trinajstić information content (AvgIpc) is 3.54. The lowest BCUT2D eigenvalue weighted by Gasteiger charge is -2.38. The van der Waals surface area contributed by atoms with Crippen LogP contribution in [0.5, 0.6) is 0 Å². The summed E-state index contributed by atoms with van der Waals surface area (Å²) in [5, 5.41) is 13.4. The molecule has 0 radical (unpaired) electrons. The quantitative estimate of drug-likeness (QED) is 0.379. The number of ether oxygens (including phenoxy) is 2. The highest BCUT2D eigenvalue weighted by Gasteiger charge is 2.75. The van der Waals surface area contributed by atoms with Crippen LogP contribution in [0.1, 0.15) is 33.1 Å². The first-order valence-corrected chi connectivity index (χ1v) is 15.0. The van der Waals surface area contributed by atoms with Crippen molar-refractivity contribution in [3.8, 4) is 0 Å². The van der Waals surface area contributed by atoms with E-state index >= 15 is 0 Å². The number of carbonyl (C=O) groups is 4. The SMILES string of the molecule is CC[C@@H](CO)N1C(=O)[C@H]2[C@@H]3C(=O)O[C@H](C)CNC(=O)CC/C=C\CN(c4ccccc4Cl)C(=O)[C@H]1[C@@]21C=C(Br)[C@@H]3O1. The predicted octanol–water partition coefficient (Wildman–Crippen LogP) is 2.72. The van der Waals surface area contributed by atoms with Crippen molar-refractivity contribution in [2.75, 3.05) is 24.6 Å². The van der Waals surface area contributed by atoms with Crippen molar-refractivity contribution in [3.63, 3.8) is 0 Å². The molecule has 12 heteroatoms. The van der Waals surface area contributed by atoms with Gasteiger partial charge in [0.1, 0.15) is 29.8 Å². The number of cyclic esters (lactones) is 1. The molecule has 1 aromatic carbocycles. The van der Waals surface area contributed by atoms with Gasteiger partial charge in [-0.1, -0.05) is 58.7 Å². The van der Waals surface area contributed by atoms with E-state index in [1.54, 1.807) is 43.3 Å². The van der Waals surface area contributed by atoms with Gasteiger partial charge in [0.25, 0.3) is 5.91 Å². The summed E-state index contributed by atoms with van der Waals surface area (Å²) in [6.07, 6.45) is 4.85. The van der Waals surface area contributed by atoms with Gasteiger partial charge >= 0.3 is 5.97 Å². The van der Waals surface area contributed by atoms with Crippen LogP contribution in [0.25, 0.3) is 0 Å². The molecule has 0 unspecified atom stereocenters. The van der Waals surface area contributed by atoms with Crippen molar-refractivity contribution in [1.82, 2.24) is 10.2 Å². The number of benzene rings is 1. The van der Waals surface area contributed by atoms with Crippen LogP contribution in [0.3, 0.4) is 0 Å². The summed E-state index contributed by atoms with van der Waals surface area (Å²) in [5.41, 5.74) is -1.04. The Balaban J connectivity index is 1.66. The molecule has 10 nitrogen and oxygen atoms in total. The fourth-order valence-corrected chi connectivity index (χ4v) is 7.29. The molecular formula is C29H33BrClN3O7. The molecule has 4 aliphatic heterocycles. The standard InChI is InChI=1S/C29H33BrClN3O7/c1-3-17(15-35)34-25-27(38)33(20-10-7-6-9-19(20)31)12-8-4-5-11-21(36)32-14-16(2)40-28(39)22-23(26(34)37)29(25)13-18(30)24(22)41-29/h4,6-10,13,16-17,22-25,35H,3,5,11-12,14-15H2,1-2H3,(H,32,36)/b8-4-/t16-,17+,22+,23-,24+,25+,29-/m1/s1. The molecule has 1 aromatic rings. The summed E-state index contributed by atoms with van der Waals surface area (Å²) in [7, 11) is 0. The molecule has 0 aliphatic carbocycles. The zero-order chi connectivity index (χ0) is 29.5. The first-order chi connectivity index (χ1) is 19.6. The number of nitrogens with one attached hydrogen (secondary N) is 1. The molecule has 2 saturated heterocycles. The second-order valence-corrected chi connectivity index (χ2v) is 12.1. The van der Waals surface area contributed by atoms with E-state index in [2.05, 4.69) is 21.2 Å². The molecule has 0 saturated carbocycles. The Morgan fingerprint density at radius 1 is 1.20 bits per heavy atom. The fraction of sp³-hybridized carbons (Fsp3) is 0.517. The van der Waals surface area contributed by atoms with E-state index in [1.165, 1.54) is 9.80 Å². The summed E-state index contributed by atoms with van der Waals surface area (Å²) in [5.74, 6) is -3.85. The third-order valence-electron chi connectivity index (χ3n) is 8.25. The minimum atomic E-state index is -1.47. The number of para-hydroxylation sites is 1. The Labute approximate surface area is 251 Å². The van der Waals surface area contributed by atoms with Crippen LogP contribution < -0.4 is 10.2 Å². The Morgan fingerprint density at radius 2 is 1.95 bits per heavy atom. The van der Waals surface area contributed by atoms with Gasteiger partial charge < -0.3 is 29.7 Å². The topological polar surface area (TPSA) is 125 Å². The molecule has 4 heterocycles. The lowest BCUT2D eigenvalue weighted by Crippen LogP contribution is -2.58. The maximum Gasteiger partial charge on any atom is 0.313 e. The van der Waals surface area contributed by atoms with E-state index in [9.17, 15) is 24.3 Å². The number of amides is 3. The van der Waals surface area contributed by atoms with E-state index in [4.69, 9.17) is 21.1 Å². The molecular weight excluding hydrogens is 618 g/mol. The Hall–Kier alpha value is -2.73. The van der Waals surface area contributed by atoms with Crippen molar-refractivity contribution in [2.24, 2.45) is 11.8 Å². The molecule has 2 N–H and O–H groups in total. The van der Waals surface area contributed by atoms with Crippen LogP contribution >= 0.6 is 27.5 Å². The van der Waals surface area contributed by atoms with Gasteiger partial charge in [0.05, 0.1) is 35.8 Å². The van der Waals surface area contributed by atoms with Crippen LogP contribution in [-0.2, 0) is 28.7 Å². The number of likely N-dealkylation sites (tertiary alicyclic amines) is 1. The molecule has 5 bridgehead atoms. The van der Waals surface area contributed by atoms with Gasteiger partial charge in [-0.25, -0.2) is 0 Å². The first-order valence-electron chi connectivity index (χ1n) is 13.8. The number of esters is 1. The summed E-state index contributed by atoms with van der Waals surface area (Å²) in [6.45, 7) is 3.33. The number of nitrogens with zero attached hydrogens (tertiary/aromatic N) is 2. The number of allylic oxidation sites excluding steroid dienone is 1. The van der Waals surface area contributed by atoms with E-state index in [-0.39, 0.29) is 32.0 Å². The van der Waals surface area contributed by atoms with Gasteiger partial charge in [0.15, 0.2) is 0 Å². The minimum absolute atomic E-state index is 0.107. The molecule has 5 rings (SSSR count). The predicted molar refractivity (Wildman–Crippen MR) is 154 cm³/mol. The maximum atomic E-state index is 14.7. The fourth-order valence-electron chi connectivity index (χ4n) is 6.31. The maximum absolute atomic E-state index is 14.7. The van der Waals surface area contributed by atoms with Crippen molar-refractivity contribution in [1.29, 1.82) is 0 Å². The second kappa shape index (κ2) is 11.9. The van der Waals surface area contributed by atoms with Crippen molar-refractivity contribution in [2.45, 2.75) is 63.0 Å². The van der Waals surface area contributed by atoms with Crippen molar-refractivity contribution < 1.29 is 33.8 Å². The number of halogens is 2. The summed E-state index contributed by atoms with van der Waals surface area (Å²) < 4.78 is 12.7. The van der Waals surface area contributed by atoms with E-state index in [0.29, 0.717) is 28.0 Å². The van der Waals surface area contributed by atoms with Gasteiger partial charge in [0.2, 0.25) is 11.8 Å². The highest BCUT2D eigenvalue weighted by molar-refractivity contribution is 9.11. The average molecular weight is 651 g/mol.